The zero-order chi connectivity index (χ0) is 5.86. The molecular formula is C4H6BrO2-. The average molecular weight is 166 g/mol. The lowest BCUT2D eigenvalue weighted by atomic mass is 10.3. The third-order valence-electron chi connectivity index (χ3n) is 0.614. The highest BCUT2D eigenvalue weighted by molar-refractivity contribution is 9.10. The van der Waals surface area contributed by atoms with Gasteiger partial charge in [0.05, 0.1) is 10.8 Å². The predicted octanol–water partition coefficient (Wildman–Crippen LogP) is -0.0902. The lowest BCUT2D eigenvalue weighted by molar-refractivity contribution is -0.304. The fourth-order valence-electron chi connectivity index (χ4n) is 0.167. The zero-order valence-corrected chi connectivity index (χ0v) is 5.56. The van der Waals surface area contributed by atoms with Crippen LogP contribution in [-0.2, 0) is 4.79 Å². The number of carboxylic acids is 1. The maximum absolute atomic E-state index is 9.77. The van der Waals surface area contributed by atoms with Crippen LogP contribution in [-0.4, -0.2) is 10.8 Å². The summed E-state index contributed by atoms with van der Waals surface area (Å²) in [6.07, 6.45) is 0.572. The van der Waals surface area contributed by atoms with Crippen LogP contribution in [0, 0.1) is 0 Å². The Morgan fingerprint density at radius 1 is 2.00 bits per heavy atom. The van der Waals surface area contributed by atoms with E-state index in [0.29, 0.717) is 6.42 Å². The van der Waals surface area contributed by atoms with E-state index in [1.165, 1.54) is 0 Å². The minimum absolute atomic E-state index is 0.479. The van der Waals surface area contributed by atoms with Crippen LogP contribution < -0.4 is 5.11 Å². The van der Waals surface area contributed by atoms with E-state index in [4.69, 9.17) is 0 Å². The summed E-state index contributed by atoms with van der Waals surface area (Å²) in [5, 5.41) is 9.77. The third-order valence-corrected chi connectivity index (χ3v) is 1.64. The van der Waals surface area contributed by atoms with Gasteiger partial charge in [-0.05, 0) is 6.42 Å². The van der Waals surface area contributed by atoms with E-state index in [9.17, 15) is 9.90 Å². The summed E-state index contributed by atoms with van der Waals surface area (Å²) < 4.78 is 0. The van der Waals surface area contributed by atoms with Crippen molar-refractivity contribution < 1.29 is 9.90 Å². The van der Waals surface area contributed by atoms with Gasteiger partial charge in [0.2, 0.25) is 0 Å². The topological polar surface area (TPSA) is 40.1 Å². The Morgan fingerprint density at radius 3 is 2.43 bits per heavy atom. The molecule has 0 amide bonds. The Labute approximate surface area is 50.7 Å². The van der Waals surface area contributed by atoms with Gasteiger partial charge >= 0.3 is 0 Å². The van der Waals surface area contributed by atoms with Crippen molar-refractivity contribution in [1.29, 1.82) is 0 Å². The Kier molecular flexibility index (Phi) is 3.00. The van der Waals surface area contributed by atoms with Crippen LogP contribution in [0.15, 0.2) is 0 Å². The second-order valence-electron chi connectivity index (χ2n) is 1.19. The molecule has 0 aromatic rings. The van der Waals surface area contributed by atoms with Gasteiger partial charge in [-0.15, -0.1) is 0 Å². The molecule has 2 nitrogen and oxygen atoms in total. The second kappa shape index (κ2) is 3.02. The molecule has 7 heavy (non-hydrogen) atoms. The summed E-state index contributed by atoms with van der Waals surface area (Å²) in [6, 6.07) is 0. The fourth-order valence-corrected chi connectivity index (χ4v) is 0.167. The fraction of sp³-hybridized carbons (Fsp3) is 0.750. The number of carboxylic acid groups (broad SMARTS) is 1. The molecule has 0 saturated carbocycles. The number of carbonyl (C=O) groups excluding carboxylic acids is 1. The molecule has 0 saturated heterocycles. The highest BCUT2D eigenvalue weighted by Crippen LogP contribution is 2.00. The molecule has 0 aromatic carbocycles. The molecule has 42 valence electrons. The molecule has 0 radical (unpaired) electrons. The largest absolute Gasteiger partial charge is 0.549 e. The second-order valence-corrected chi connectivity index (χ2v) is 2.30. The standard InChI is InChI=1S/C4H7BrO2/c1-2-3(5)4(6)7/h3H,2H2,1H3,(H,6,7)/p-1/t3-/m0/s1. The normalized spacial score (nSPS) is 13.4. The monoisotopic (exact) mass is 165 g/mol. The SMILES string of the molecule is CC[C@H](Br)C(=O)[O-]. The lowest BCUT2D eigenvalue weighted by Crippen LogP contribution is -2.30. The van der Waals surface area contributed by atoms with Crippen molar-refractivity contribution in [1.82, 2.24) is 0 Å². The first-order chi connectivity index (χ1) is 3.18. The molecule has 0 unspecified atom stereocenters. The maximum atomic E-state index is 9.77. The minimum atomic E-state index is -1.04. The number of carbonyl (C=O) groups is 1. The summed E-state index contributed by atoms with van der Waals surface area (Å²) in [4.78, 5) is 9.29. The van der Waals surface area contributed by atoms with Gasteiger partial charge in [-0.3, -0.25) is 0 Å². The van der Waals surface area contributed by atoms with E-state index in [1.54, 1.807) is 6.92 Å². The molecule has 0 heterocycles. The molecule has 0 aromatic heterocycles. The summed E-state index contributed by atoms with van der Waals surface area (Å²) >= 11 is 2.88. The molecule has 3 heteroatoms. The maximum Gasteiger partial charge on any atom is 0.0551 e. The number of alkyl halides is 1. The van der Waals surface area contributed by atoms with E-state index < -0.39 is 10.8 Å². The van der Waals surface area contributed by atoms with Crippen molar-refractivity contribution in [3.05, 3.63) is 0 Å². The van der Waals surface area contributed by atoms with E-state index in [0.717, 1.165) is 0 Å². The van der Waals surface area contributed by atoms with Gasteiger partial charge in [-0.2, -0.15) is 0 Å². The van der Waals surface area contributed by atoms with Crippen LogP contribution in [0.1, 0.15) is 13.3 Å². The number of aliphatic carboxylic acids is 1. The molecule has 0 rings (SSSR count). The molecule has 0 aliphatic rings. The summed E-state index contributed by atoms with van der Waals surface area (Å²) in [5.41, 5.74) is 0. The molecule has 0 bridgehead atoms. The Morgan fingerprint density at radius 2 is 2.43 bits per heavy atom. The third kappa shape index (κ3) is 2.62. The highest BCUT2D eigenvalue weighted by Gasteiger charge is 1.97. The van der Waals surface area contributed by atoms with Crippen molar-refractivity contribution in [2.45, 2.75) is 18.2 Å². The van der Waals surface area contributed by atoms with Crippen molar-refractivity contribution in [3.63, 3.8) is 0 Å². The highest BCUT2D eigenvalue weighted by atomic mass is 79.9. The summed E-state index contributed by atoms with van der Waals surface area (Å²) in [6.45, 7) is 1.77. The molecule has 0 N–H and O–H groups in total. The van der Waals surface area contributed by atoms with Gasteiger partial charge in [0.15, 0.2) is 0 Å². The Bertz CT molecular complexity index is 72.1. The lowest BCUT2D eigenvalue weighted by Gasteiger charge is -2.04. The average Bonchev–Trinajstić information content (AvgIpc) is 1.65. The minimum Gasteiger partial charge on any atom is -0.549 e. The number of rotatable bonds is 2. The van der Waals surface area contributed by atoms with Gasteiger partial charge in [0, 0.05) is 0 Å². The molecule has 0 aliphatic heterocycles. The van der Waals surface area contributed by atoms with E-state index >= 15 is 0 Å². The zero-order valence-electron chi connectivity index (χ0n) is 3.98. The van der Waals surface area contributed by atoms with Crippen molar-refractivity contribution in [3.8, 4) is 0 Å². The number of halogens is 1. The molecule has 0 aliphatic carbocycles. The van der Waals surface area contributed by atoms with Gasteiger partial charge in [-0.1, -0.05) is 22.9 Å². The van der Waals surface area contributed by atoms with Crippen LogP contribution in [0.5, 0.6) is 0 Å². The van der Waals surface area contributed by atoms with Crippen molar-refractivity contribution in [2.24, 2.45) is 0 Å². The quantitative estimate of drug-likeness (QED) is 0.537. The first kappa shape index (κ1) is 6.95. The smallest absolute Gasteiger partial charge is 0.0551 e. The first-order valence-electron chi connectivity index (χ1n) is 2.03. The first-order valence-corrected chi connectivity index (χ1v) is 2.95. The number of hydrogen-bond donors (Lipinski definition) is 0. The molecule has 1 atom stereocenters. The van der Waals surface area contributed by atoms with Gasteiger partial charge < -0.3 is 9.90 Å². The van der Waals surface area contributed by atoms with Crippen LogP contribution in [0.3, 0.4) is 0 Å². The Hall–Kier alpha value is -0.0500. The van der Waals surface area contributed by atoms with Crippen LogP contribution in [0.2, 0.25) is 0 Å². The van der Waals surface area contributed by atoms with Gasteiger partial charge in [0.25, 0.3) is 0 Å². The van der Waals surface area contributed by atoms with Crippen molar-refractivity contribution in [2.75, 3.05) is 0 Å². The van der Waals surface area contributed by atoms with Gasteiger partial charge in [0.1, 0.15) is 0 Å². The van der Waals surface area contributed by atoms with Crippen LogP contribution in [0.4, 0.5) is 0 Å². The van der Waals surface area contributed by atoms with Gasteiger partial charge in [-0.25, -0.2) is 0 Å². The summed E-state index contributed by atoms with van der Waals surface area (Å²) in [7, 11) is 0. The molecule has 0 fully saturated rings. The van der Waals surface area contributed by atoms with E-state index in [-0.39, 0.29) is 0 Å². The van der Waals surface area contributed by atoms with Crippen molar-refractivity contribution >= 4 is 21.9 Å². The molecule has 0 spiro atoms. The van der Waals surface area contributed by atoms with E-state index in [1.807, 2.05) is 0 Å². The molecular weight excluding hydrogens is 160 g/mol. The predicted molar refractivity (Wildman–Crippen MR) is 28.0 cm³/mol. The van der Waals surface area contributed by atoms with E-state index in [2.05, 4.69) is 15.9 Å². The van der Waals surface area contributed by atoms with Crippen LogP contribution in [0.25, 0.3) is 0 Å². The Balaban J connectivity index is 3.34. The van der Waals surface area contributed by atoms with Crippen LogP contribution >= 0.6 is 15.9 Å². The number of hydrogen-bond acceptors (Lipinski definition) is 2. The summed E-state index contributed by atoms with van der Waals surface area (Å²) in [5.74, 6) is -1.04.